The maximum absolute atomic E-state index is 13.2. The predicted molar refractivity (Wildman–Crippen MR) is 97.8 cm³/mol. The second-order valence-corrected chi connectivity index (χ2v) is 6.31. The topological polar surface area (TPSA) is 74.8 Å². The number of aromatic nitrogens is 2. The van der Waals surface area contributed by atoms with E-state index >= 15 is 0 Å². The van der Waals surface area contributed by atoms with Gasteiger partial charge in [0, 0.05) is 36.4 Å². The normalized spacial score (nSPS) is 10.8. The molecule has 0 aliphatic carbocycles. The zero-order valence-corrected chi connectivity index (χ0v) is 14.6. The minimum absolute atomic E-state index is 0.101. The number of halogens is 2. The van der Waals surface area contributed by atoms with Crippen LogP contribution in [0.2, 0.25) is 5.02 Å². The third kappa shape index (κ3) is 4.67. The zero-order chi connectivity index (χ0) is 18.5. The van der Waals surface area contributed by atoms with E-state index in [1.165, 1.54) is 12.1 Å². The molecule has 134 valence electrons. The van der Waals surface area contributed by atoms with E-state index < -0.39 is 0 Å². The summed E-state index contributed by atoms with van der Waals surface area (Å²) in [5.74, 6) is 0.0418. The van der Waals surface area contributed by atoms with E-state index in [9.17, 15) is 14.0 Å². The van der Waals surface area contributed by atoms with Gasteiger partial charge in [0.15, 0.2) is 5.78 Å². The Labute approximate surface area is 154 Å². The maximum atomic E-state index is 13.2. The summed E-state index contributed by atoms with van der Waals surface area (Å²) in [5, 5.41) is 3.32. The van der Waals surface area contributed by atoms with E-state index in [0.29, 0.717) is 40.4 Å². The van der Waals surface area contributed by atoms with Crippen molar-refractivity contribution in [2.75, 3.05) is 6.54 Å². The van der Waals surface area contributed by atoms with Gasteiger partial charge in [0.05, 0.1) is 11.0 Å². The lowest BCUT2D eigenvalue weighted by atomic mass is 10.1. The number of rotatable bonds is 7. The number of ketones is 1. The third-order valence-corrected chi connectivity index (χ3v) is 4.17. The van der Waals surface area contributed by atoms with Gasteiger partial charge in [-0.3, -0.25) is 9.59 Å². The summed E-state index contributed by atoms with van der Waals surface area (Å²) in [6.07, 6.45) is 0.747. The lowest BCUT2D eigenvalue weighted by Crippen LogP contribution is -2.26. The van der Waals surface area contributed by atoms with Crippen LogP contribution in [0, 0.1) is 5.82 Å². The third-order valence-electron chi connectivity index (χ3n) is 3.92. The van der Waals surface area contributed by atoms with E-state index in [0.717, 1.165) is 0 Å². The molecule has 7 heteroatoms. The molecule has 26 heavy (non-hydrogen) atoms. The molecule has 1 heterocycles. The SMILES string of the molecule is O=C(CCC(=O)c1ccc(Cl)cc1)NCCc1nc2ccc(F)cc2[nH]1. The van der Waals surface area contributed by atoms with E-state index in [1.54, 1.807) is 30.3 Å². The molecular formula is C19H17ClFN3O2. The Bertz CT molecular complexity index is 938. The Morgan fingerprint density at radius 2 is 1.88 bits per heavy atom. The molecule has 2 N–H and O–H groups in total. The number of amides is 1. The Morgan fingerprint density at radius 1 is 1.12 bits per heavy atom. The van der Waals surface area contributed by atoms with Crippen LogP contribution in [0.15, 0.2) is 42.5 Å². The largest absolute Gasteiger partial charge is 0.356 e. The van der Waals surface area contributed by atoms with Crippen LogP contribution in [0.4, 0.5) is 4.39 Å². The van der Waals surface area contributed by atoms with E-state index in [4.69, 9.17) is 11.6 Å². The van der Waals surface area contributed by atoms with Gasteiger partial charge in [-0.15, -0.1) is 0 Å². The first kappa shape index (κ1) is 18.1. The number of aromatic amines is 1. The van der Waals surface area contributed by atoms with Gasteiger partial charge in [0.25, 0.3) is 0 Å². The van der Waals surface area contributed by atoms with Crippen molar-refractivity contribution in [2.24, 2.45) is 0 Å². The van der Waals surface area contributed by atoms with Crippen LogP contribution < -0.4 is 5.32 Å². The van der Waals surface area contributed by atoms with Gasteiger partial charge >= 0.3 is 0 Å². The number of nitrogens with one attached hydrogen (secondary N) is 2. The highest BCUT2D eigenvalue weighted by molar-refractivity contribution is 6.30. The molecule has 1 amide bonds. The second-order valence-electron chi connectivity index (χ2n) is 5.87. The Balaban J connectivity index is 1.43. The summed E-state index contributed by atoms with van der Waals surface area (Å²) in [6, 6.07) is 10.9. The molecule has 0 fully saturated rings. The summed E-state index contributed by atoms with van der Waals surface area (Å²) in [4.78, 5) is 31.2. The van der Waals surface area contributed by atoms with Gasteiger partial charge in [-0.25, -0.2) is 9.37 Å². The van der Waals surface area contributed by atoms with Crippen LogP contribution in [0.25, 0.3) is 11.0 Å². The monoisotopic (exact) mass is 373 g/mol. The lowest BCUT2D eigenvalue weighted by molar-refractivity contribution is -0.121. The molecule has 5 nitrogen and oxygen atoms in total. The van der Waals surface area contributed by atoms with Crippen molar-refractivity contribution >= 4 is 34.3 Å². The van der Waals surface area contributed by atoms with Crippen molar-refractivity contribution in [3.8, 4) is 0 Å². The molecule has 0 atom stereocenters. The standard InChI is InChI=1S/C19H17ClFN3O2/c20-13-3-1-12(2-4-13)17(25)7-8-19(26)22-10-9-18-23-15-6-5-14(21)11-16(15)24-18/h1-6,11H,7-10H2,(H,22,26)(H,23,24). The fraction of sp³-hybridized carbons (Fsp3) is 0.211. The zero-order valence-electron chi connectivity index (χ0n) is 13.9. The fourth-order valence-corrected chi connectivity index (χ4v) is 2.69. The highest BCUT2D eigenvalue weighted by atomic mass is 35.5. The molecule has 2 aromatic carbocycles. The van der Waals surface area contributed by atoms with Crippen LogP contribution in [0.5, 0.6) is 0 Å². The average Bonchev–Trinajstić information content (AvgIpc) is 3.02. The molecular weight excluding hydrogens is 357 g/mol. The smallest absolute Gasteiger partial charge is 0.220 e. The molecule has 0 saturated carbocycles. The summed E-state index contributed by atoms with van der Waals surface area (Å²) in [6.45, 7) is 0.385. The van der Waals surface area contributed by atoms with Gasteiger partial charge in [0.2, 0.25) is 5.91 Å². The summed E-state index contributed by atoms with van der Waals surface area (Å²) >= 11 is 5.78. The minimum atomic E-state index is -0.327. The molecule has 0 unspecified atom stereocenters. The number of hydrogen-bond acceptors (Lipinski definition) is 3. The van der Waals surface area contributed by atoms with Crippen molar-refractivity contribution in [3.63, 3.8) is 0 Å². The van der Waals surface area contributed by atoms with Crippen LogP contribution in [-0.4, -0.2) is 28.2 Å². The lowest BCUT2D eigenvalue weighted by Gasteiger charge is -2.04. The highest BCUT2D eigenvalue weighted by Gasteiger charge is 2.10. The number of fused-ring (bicyclic) bond motifs is 1. The summed E-state index contributed by atoms with van der Waals surface area (Å²) in [5.41, 5.74) is 1.85. The molecule has 0 aliphatic heterocycles. The fourth-order valence-electron chi connectivity index (χ4n) is 2.57. The van der Waals surface area contributed by atoms with Gasteiger partial charge in [-0.05, 0) is 42.5 Å². The predicted octanol–water partition coefficient (Wildman–Crippen LogP) is 3.68. The number of carbonyl (C=O) groups excluding carboxylic acids is 2. The number of nitrogens with zero attached hydrogens (tertiary/aromatic N) is 1. The van der Waals surface area contributed by atoms with Gasteiger partial charge in [-0.2, -0.15) is 0 Å². The molecule has 0 aliphatic rings. The number of hydrogen-bond donors (Lipinski definition) is 2. The van der Waals surface area contributed by atoms with Gasteiger partial charge < -0.3 is 10.3 Å². The van der Waals surface area contributed by atoms with Crippen LogP contribution >= 0.6 is 11.6 Å². The van der Waals surface area contributed by atoms with Gasteiger partial charge in [-0.1, -0.05) is 11.6 Å². The molecule has 3 rings (SSSR count). The van der Waals surface area contributed by atoms with Crippen LogP contribution in [0.1, 0.15) is 29.0 Å². The first-order valence-electron chi connectivity index (χ1n) is 8.21. The molecule has 0 bridgehead atoms. The van der Waals surface area contributed by atoms with Crippen molar-refractivity contribution < 1.29 is 14.0 Å². The molecule has 0 spiro atoms. The van der Waals surface area contributed by atoms with Crippen molar-refractivity contribution in [1.29, 1.82) is 0 Å². The average molecular weight is 374 g/mol. The number of H-pyrrole nitrogens is 1. The number of benzene rings is 2. The quantitative estimate of drug-likeness (QED) is 0.620. The van der Waals surface area contributed by atoms with Crippen LogP contribution in [-0.2, 0) is 11.2 Å². The number of carbonyl (C=O) groups is 2. The molecule has 3 aromatic rings. The van der Waals surface area contributed by atoms with E-state index in [-0.39, 0.29) is 30.3 Å². The summed E-state index contributed by atoms with van der Waals surface area (Å²) < 4.78 is 13.2. The Morgan fingerprint density at radius 3 is 2.65 bits per heavy atom. The molecule has 0 saturated heterocycles. The molecule has 0 radical (unpaired) electrons. The first-order chi connectivity index (χ1) is 12.5. The van der Waals surface area contributed by atoms with Crippen molar-refractivity contribution in [1.82, 2.24) is 15.3 Å². The number of Topliss-reactive ketones (excluding diaryl/α,β-unsaturated/α-hetero) is 1. The Kier molecular flexibility index (Phi) is 5.63. The first-order valence-corrected chi connectivity index (χ1v) is 8.59. The maximum Gasteiger partial charge on any atom is 0.220 e. The minimum Gasteiger partial charge on any atom is -0.356 e. The second kappa shape index (κ2) is 8.10. The number of imidazole rings is 1. The van der Waals surface area contributed by atoms with Gasteiger partial charge in [0.1, 0.15) is 11.6 Å². The van der Waals surface area contributed by atoms with Crippen molar-refractivity contribution in [2.45, 2.75) is 19.3 Å². The summed E-state index contributed by atoms with van der Waals surface area (Å²) in [7, 11) is 0. The van der Waals surface area contributed by atoms with E-state index in [2.05, 4.69) is 15.3 Å². The van der Waals surface area contributed by atoms with E-state index in [1.807, 2.05) is 0 Å². The Hall–Kier alpha value is -2.73. The van der Waals surface area contributed by atoms with Crippen LogP contribution in [0.3, 0.4) is 0 Å². The van der Waals surface area contributed by atoms with Crippen molar-refractivity contribution in [3.05, 3.63) is 64.7 Å². The molecule has 1 aromatic heterocycles. The highest BCUT2D eigenvalue weighted by Crippen LogP contribution is 2.13.